The first-order valence-corrected chi connectivity index (χ1v) is 9.73. The summed E-state index contributed by atoms with van der Waals surface area (Å²) in [5, 5.41) is 0.253. The summed E-state index contributed by atoms with van der Waals surface area (Å²) in [5.74, 6) is 0. The van der Waals surface area contributed by atoms with Gasteiger partial charge in [-0.1, -0.05) is 25.4 Å². The van der Waals surface area contributed by atoms with Crippen molar-refractivity contribution in [1.82, 2.24) is 19.5 Å². The van der Waals surface area contributed by atoms with Crippen LogP contribution in [0.4, 0.5) is 4.39 Å². The van der Waals surface area contributed by atoms with Crippen molar-refractivity contribution in [2.24, 2.45) is 0 Å². The van der Waals surface area contributed by atoms with Crippen LogP contribution >= 0.6 is 18.7 Å². The highest BCUT2D eigenvalue weighted by atomic mass is 35.5. The Morgan fingerprint density at radius 2 is 2.09 bits per heavy atom. The zero-order valence-corrected chi connectivity index (χ0v) is 14.2. The molecule has 0 N–H and O–H groups in total. The third-order valence-electron chi connectivity index (χ3n) is 3.63. The van der Waals surface area contributed by atoms with Crippen LogP contribution < -0.4 is 0 Å². The number of ether oxygens (including phenoxy) is 1. The fraction of sp³-hybridized carbons (Fsp3) is 0.615. The van der Waals surface area contributed by atoms with Gasteiger partial charge in [-0.05, 0) is 0 Å². The van der Waals surface area contributed by atoms with Gasteiger partial charge in [0.1, 0.15) is 38.1 Å². The zero-order valence-electron chi connectivity index (χ0n) is 12.6. The molecule has 0 aliphatic carbocycles. The van der Waals surface area contributed by atoms with Crippen molar-refractivity contribution < 1.29 is 13.7 Å². The average molecular weight is 349 g/mol. The maximum absolute atomic E-state index is 13.2. The first kappa shape index (κ1) is 17.3. The van der Waals surface area contributed by atoms with Crippen LogP contribution in [-0.4, -0.2) is 51.0 Å². The topological polar surface area (TPSA) is 69.9 Å². The molecule has 22 heavy (non-hydrogen) atoms. The van der Waals surface area contributed by atoms with Gasteiger partial charge in [-0.15, -0.1) is 0 Å². The van der Waals surface area contributed by atoms with Crippen LogP contribution in [0.1, 0.15) is 13.8 Å². The van der Waals surface area contributed by atoms with Gasteiger partial charge in [-0.2, -0.15) is 0 Å². The minimum Gasteiger partial charge on any atom is -0.366 e. The van der Waals surface area contributed by atoms with Crippen LogP contribution in [0, 0.1) is 0 Å². The molecule has 0 amide bonds. The Kier molecular flexibility index (Phi) is 5.89. The fourth-order valence-electron chi connectivity index (χ4n) is 2.00. The first-order chi connectivity index (χ1) is 10.5. The standard InChI is InChI=1S/C13H19ClFN4O2P/c1-3-22(20,4-2)9-21-10(5-15)6-19-8-18-11-12(14)16-7-17-13(11)19/h7-8,10H,3-6,9H2,1-2H3/t10-/m0/s1. The molecule has 2 heterocycles. The number of rotatable bonds is 8. The van der Waals surface area contributed by atoms with Gasteiger partial charge < -0.3 is 13.9 Å². The van der Waals surface area contributed by atoms with E-state index in [0.717, 1.165) is 0 Å². The fourth-order valence-corrected chi connectivity index (χ4v) is 3.47. The number of hydrogen-bond acceptors (Lipinski definition) is 5. The van der Waals surface area contributed by atoms with Crippen molar-refractivity contribution >= 4 is 29.9 Å². The number of nitrogens with zero attached hydrogens (tertiary/aromatic N) is 4. The highest BCUT2D eigenvalue weighted by molar-refractivity contribution is 7.63. The van der Waals surface area contributed by atoms with E-state index in [1.807, 2.05) is 13.8 Å². The van der Waals surface area contributed by atoms with Crippen LogP contribution in [0.25, 0.3) is 11.2 Å². The molecule has 0 bridgehead atoms. The van der Waals surface area contributed by atoms with Gasteiger partial charge in [0.15, 0.2) is 10.8 Å². The smallest absolute Gasteiger partial charge is 0.164 e. The number of hydrogen-bond donors (Lipinski definition) is 0. The maximum atomic E-state index is 13.2. The van der Waals surface area contributed by atoms with E-state index in [9.17, 15) is 8.96 Å². The Bertz CT molecular complexity index is 673. The molecule has 0 saturated heterocycles. The SMILES string of the molecule is CCP(=O)(CC)CO[C@@H](CF)Cn1cnc2c(Cl)ncnc21. The molecular formula is C13H19ClFN4O2P. The molecule has 122 valence electrons. The lowest BCUT2D eigenvalue weighted by atomic mass is 10.4. The lowest BCUT2D eigenvalue weighted by molar-refractivity contribution is 0.0521. The van der Waals surface area contributed by atoms with Crippen molar-refractivity contribution in [1.29, 1.82) is 0 Å². The van der Waals surface area contributed by atoms with E-state index < -0.39 is 19.9 Å². The molecular weight excluding hydrogens is 330 g/mol. The van der Waals surface area contributed by atoms with Gasteiger partial charge in [-0.25, -0.2) is 19.3 Å². The number of halogens is 2. The lowest BCUT2D eigenvalue weighted by Gasteiger charge is -2.20. The van der Waals surface area contributed by atoms with Crippen LogP contribution in [0.3, 0.4) is 0 Å². The third-order valence-corrected chi connectivity index (χ3v) is 6.83. The second-order valence-corrected chi connectivity index (χ2v) is 8.99. The Labute approximate surface area is 133 Å². The van der Waals surface area contributed by atoms with E-state index in [1.165, 1.54) is 12.7 Å². The summed E-state index contributed by atoms with van der Waals surface area (Å²) in [5.41, 5.74) is 0.991. The summed E-state index contributed by atoms with van der Waals surface area (Å²) in [4.78, 5) is 12.1. The summed E-state index contributed by atoms with van der Waals surface area (Å²) in [6.07, 6.45) is 3.36. The minimum absolute atomic E-state index is 0.0942. The monoisotopic (exact) mass is 348 g/mol. The van der Waals surface area contributed by atoms with E-state index in [2.05, 4.69) is 15.0 Å². The molecule has 0 aliphatic heterocycles. The Morgan fingerprint density at radius 3 is 2.73 bits per heavy atom. The lowest BCUT2D eigenvalue weighted by Crippen LogP contribution is -2.23. The summed E-state index contributed by atoms with van der Waals surface area (Å²) < 4.78 is 32.7. The first-order valence-electron chi connectivity index (χ1n) is 7.09. The number of imidazole rings is 1. The van der Waals surface area contributed by atoms with E-state index in [4.69, 9.17) is 16.3 Å². The van der Waals surface area contributed by atoms with Crippen LogP contribution in [0.5, 0.6) is 0 Å². The average Bonchev–Trinajstić information content (AvgIpc) is 2.95. The molecule has 0 spiro atoms. The molecule has 6 nitrogen and oxygen atoms in total. The molecule has 2 rings (SSSR count). The molecule has 2 aromatic heterocycles. The minimum atomic E-state index is -2.35. The molecule has 0 radical (unpaired) electrons. The normalized spacial score (nSPS) is 13.6. The molecule has 1 atom stereocenters. The molecule has 0 aliphatic rings. The maximum Gasteiger partial charge on any atom is 0.164 e. The van der Waals surface area contributed by atoms with E-state index in [1.54, 1.807) is 4.57 Å². The van der Waals surface area contributed by atoms with E-state index in [0.29, 0.717) is 23.5 Å². The Morgan fingerprint density at radius 1 is 1.36 bits per heavy atom. The van der Waals surface area contributed by atoms with Crippen LogP contribution in [0.2, 0.25) is 5.15 Å². The van der Waals surface area contributed by atoms with Gasteiger partial charge in [0.05, 0.1) is 12.9 Å². The molecule has 2 aromatic rings. The molecule has 0 fully saturated rings. The van der Waals surface area contributed by atoms with Gasteiger partial charge in [0, 0.05) is 12.3 Å². The largest absolute Gasteiger partial charge is 0.366 e. The quantitative estimate of drug-likeness (QED) is 0.541. The van der Waals surface area contributed by atoms with Crippen molar-refractivity contribution in [3.05, 3.63) is 17.8 Å². The van der Waals surface area contributed by atoms with Crippen LogP contribution in [0.15, 0.2) is 12.7 Å². The molecule has 0 aromatic carbocycles. The molecule has 9 heteroatoms. The summed E-state index contributed by atoms with van der Waals surface area (Å²) in [7, 11) is -2.35. The summed E-state index contributed by atoms with van der Waals surface area (Å²) in [6, 6.07) is 0. The highest BCUT2D eigenvalue weighted by Gasteiger charge is 2.21. The Hall–Kier alpha value is -1.04. The van der Waals surface area contributed by atoms with Crippen molar-refractivity contribution in [2.45, 2.75) is 26.5 Å². The van der Waals surface area contributed by atoms with E-state index in [-0.39, 0.29) is 18.0 Å². The number of fused-ring (bicyclic) bond motifs is 1. The van der Waals surface area contributed by atoms with Crippen molar-refractivity contribution in [2.75, 3.05) is 25.3 Å². The van der Waals surface area contributed by atoms with Crippen LogP contribution in [-0.2, 0) is 15.8 Å². The van der Waals surface area contributed by atoms with Gasteiger partial charge in [0.25, 0.3) is 0 Å². The zero-order chi connectivity index (χ0) is 16.2. The van der Waals surface area contributed by atoms with Gasteiger partial charge in [0.2, 0.25) is 0 Å². The Balaban J connectivity index is 2.09. The summed E-state index contributed by atoms with van der Waals surface area (Å²) >= 11 is 5.93. The predicted octanol–water partition coefficient (Wildman–Crippen LogP) is 3.19. The van der Waals surface area contributed by atoms with Crippen molar-refractivity contribution in [3.63, 3.8) is 0 Å². The highest BCUT2D eigenvalue weighted by Crippen LogP contribution is 2.44. The number of alkyl halides is 1. The number of aromatic nitrogens is 4. The summed E-state index contributed by atoms with van der Waals surface area (Å²) in [6.45, 7) is 3.28. The predicted molar refractivity (Wildman–Crippen MR) is 84.7 cm³/mol. The second-order valence-electron chi connectivity index (χ2n) is 5.00. The van der Waals surface area contributed by atoms with E-state index >= 15 is 0 Å². The molecule has 0 unspecified atom stereocenters. The van der Waals surface area contributed by atoms with Gasteiger partial charge in [-0.3, -0.25) is 0 Å². The van der Waals surface area contributed by atoms with Crippen molar-refractivity contribution in [3.8, 4) is 0 Å². The third kappa shape index (κ3) is 3.83. The molecule has 0 saturated carbocycles. The second kappa shape index (κ2) is 7.49. The van der Waals surface area contributed by atoms with Gasteiger partial charge >= 0.3 is 0 Å².